The molecule has 0 aromatic carbocycles. The van der Waals surface area contributed by atoms with Crippen molar-refractivity contribution in [3.8, 4) is 0 Å². The molecule has 1 aromatic rings. The minimum atomic E-state index is 0.138. The number of nitrogens with one attached hydrogen (secondary N) is 1. The Hall–Kier alpha value is -1.16. The Bertz CT molecular complexity index is 350. The van der Waals surface area contributed by atoms with E-state index in [1.807, 2.05) is 4.57 Å². The number of ketones is 1. The molecule has 1 saturated heterocycles. The molecule has 1 N–H and O–H groups in total. The first-order valence-corrected chi connectivity index (χ1v) is 5.47. The highest BCUT2D eigenvalue weighted by molar-refractivity contribution is 5.96. The van der Waals surface area contributed by atoms with Crippen molar-refractivity contribution < 1.29 is 4.79 Å². The molecule has 82 valence electrons. The number of carbonyl (C=O) groups is 1. The van der Waals surface area contributed by atoms with E-state index < -0.39 is 0 Å². The zero-order chi connectivity index (χ0) is 10.8. The average Bonchev–Trinajstić information content (AvgIpc) is 2.88. The lowest BCUT2D eigenvalue weighted by molar-refractivity contribution is 0.0919. The van der Waals surface area contributed by atoms with Crippen molar-refractivity contribution in [1.29, 1.82) is 0 Å². The summed E-state index contributed by atoms with van der Waals surface area (Å²) >= 11 is 0. The maximum absolute atomic E-state index is 12.1. The standard InChI is InChI=1S/C11H17N3O/c1-8(2)14-7-13-6-10(14)11(15)9-3-4-12-5-9/h6-9,12H,3-5H2,1-2H3. The second-order valence-electron chi connectivity index (χ2n) is 4.33. The second kappa shape index (κ2) is 4.14. The van der Waals surface area contributed by atoms with Crippen LogP contribution in [0.5, 0.6) is 0 Å². The third kappa shape index (κ3) is 1.95. The van der Waals surface area contributed by atoms with Crippen LogP contribution in [0, 0.1) is 5.92 Å². The van der Waals surface area contributed by atoms with Gasteiger partial charge in [-0.3, -0.25) is 4.79 Å². The van der Waals surface area contributed by atoms with Crippen LogP contribution in [0.15, 0.2) is 12.5 Å². The van der Waals surface area contributed by atoms with Crippen LogP contribution >= 0.6 is 0 Å². The fourth-order valence-corrected chi connectivity index (χ4v) is 1.99. The number of Topliss-reactive ketones (excluding diaryl/α,β-unsaturated/α-hetero) is 1. The molecule has 1 aliphatic rings. The van der Waals surface area contributed by atoms with Crippen molar-refractivity contribution in [2.45, 2.75) is 26.3 Å². The van der Waals surface area contributed by atoms with Crippen LogP contribution in [0.25, 0.3) is 0 Å². The molecule has 2 heterocycles. The molecule has 1 aromatic heterocycles. The largest absolute Gasteiger partial charge is 0.326 e. The lowest BCUT2D eigenvalue weighted by atomic mass is 10.0. The van der Waals surface area contributed by atoms with Crippen LogP contribution in [-0.4, -0.2) is 28.4 Å². The summed E-state index contributed by atoms with van der Waals surface area (Å²) in [5, 5.41) is 3.21. The van der Waals surface area contributed by atoms with Gasteiger partial charge in [-0.15, -0.1) is 0 Å². The van der Waals surface area contributed by atoms with E-state index >= 15 is 0 Å². The summed E-state index contributed by atoms with van der Waals surface area (Å²) in [5.41, 5.74) is 0.749. The van der Waals surface area contributed by atoms with Gasteiger partial charge >= 0.3 is 0 Å². The van der Waals surface area contributed by atoms with Crippen molar-refractivity contribution in [1.82, 2.24) is 14.9 Å². The average molecular weight is 207 g/mol. The smallest absolute Gasteiger partial charge is 0.185 e. The summed E-state index contributed by atoms with van der Waals surface area (Å²) < 4.78 is 1.95. The summed E-state index contributed by atoms with van der Waals surface area (Å²) in [7, 11) is 0. The van der Waals surface area contributed by atoms with E-state index in [-0.39, 0.29) is 11.7 Å². The van der Waals surface area contributed by atoms with Gasteiger partial charge in [0, 0.05) is 18.5 Å². The first-order chi connectivity index (χ1) is 7.20. The third-order valence-corrected chi connectivity index (χ3v) is 2.91. The van der Waals surface area contributed by atoms with Crippen molar-refractivity contribution >= 4 is 5.78 Å². The fourth-order valence-electron chi connectivity index (χ4n) is 1.99. The van der Waals surface area contributed by atoms with E-state index in [4.69, 9.17) is 0 Å². The Morgan fingerprint density at radius 3 is 3.07 bits per heavy atom. The molecular weight excluding hydrogens is 190 g/mol. The molecule has 4 nitrogen and oxygen atoms in total. The molecular formula is C11H17N3O. The van der Waals surface area contributed by atoms with Crippen molar-refractivity contribution in [2.24, 2.45) is 5.92 Å². The fraction of sp³-hybridized carbons (Fsp3) is 0.636. The van der Waals surface area contributed by atoms with E-state index in [1.165, 1.54) is 0 Å². The second-order valence-corrected chi connectivity index (χ2v) is 4.33. The molecule has 0 spiro atoms. The molecule has 0 bridgehead atoms. The van der Waals surface area contributed by atoms with E-state index in [0.717, 1.165) is 25.2 Å². The summed E-state index contributed by atoms with van der Waals surface area (Å²) in [4.78, 5) is 16.2. The Morgan fingerprint density at radius 2 is 2.47 bits per heavy atom. The van der Waals surface area contributed by atoms with E-state index in [0.29, 0.717) is 6.04 Å². The molecule has 0 radical (unpaired) electrons. The van der Waals surface area contributed by atoms with Gasteiger partial charge in [0.25, 0.3) is 0 Å². The van der Waals surface area contributed by atoms with Crippen LogP contribution in [-0.2, 0) is 0 Å². The summed E-state index contributed by atoms with van der Waals surface area (Å²) in [6.45, 7) is 5.88. The van der Waals surface area contributed by atoms with E-state index in [2.05, 4.69) is 24.1 Å². The summed E-state index contributed by atoms with van der Waals surface area (Å²) in [6.07, 6.45) is 4.36. The number of imidazole rings is 1. The highest BCUT2D eigenvalue weighted by atomic mass is 16.1. The van der Waals surface area contributed by atoms with Crippen LogP contribution in [0.4, 0.5) is 0 Å². The third-order valence-electron chi connectivity index (χ3n) is 2.91. The molecule has 0 amide bonds. The number of carbonyl (C=O) groups excluding carboxylic acids is 1. The van der Waals surface area contributed by atoms with Gasteiger partial charge in [-0.2, -0.15) is 0 Å². The number of hydrogen-bond acceptors (Lipinski definition) is 3. The molecule has 0 aliphatic carbocycles. The number of hydrogen-bond donors (Lipinski definition) is 1. The number of aromatic nitrogens is 2. The molecule has 0 saturated carbocycles. The quantitative estimate of drug-likeness (QED) is 0.759. The van der Waals surface area contributed by atoms with Gasteiger partial charge in [-0.05, 0) is 26.8 Å². The highest BCUT2D eigenvalue weighted by Crippen LogP contribution is 2.17. The van der Waals surface area contributed by atoms with Crippen LogP contribution < -0.4 is 5.32 Å². The minimum Gasteiger partial charge on any atom is -0.326 e. The van der Waals surface area contributed by atoms with Crippen molar-refractivity contribution in [2.75, 3.05) is 13.1 Å². The van der Waals surface area contributed by atoms with Crippen LogP contribution in [0.3, 0.4) is 0 Å². The van der Waals surface area contributed by atoms with Gasteiger partial charge in [0.2, 0.25) is 0 Å². The Balaban J connectivity index is 2.20. The number of rotatable bonds is 3. The van der Waals surface area contributed by atoms with E-state index in [9.17, 15) is 4.79 Å². The Kier molecular flexibility index (Phi) is 2.86. The molecule has 1 aliphatic heterocycles. The summed E-state index contributed by atoms with van der Waals surface area (Å²) in [6, 6.07) is 0.292. The van der Waals surface area contributed by atoms with Gasteiger partial charge in [0.05, 0.1) is 12.5 Å². The zero-order valence-corrected chi connectivity index (χ0v) is 9.23. The topological polar surface area (TPSA) is 46.9 Å². The van der Waals surface area contributed by atoms with Crippen LogP contribution in [0.1, 0.15) is 36.8 Å². The maximum atomic E-state index is 12.1. The monoisotopic (exact) mass is 207 g/mol. The lowest BCUT2D eigenvalue weighted by Gasteiger charge is -2.13. The van der Waals surface area contributed by atoms with Crippen molar-refractivity contribution in [3.63, 3.8) is 0 Å². The van der Waals surface area contributed by atoms with Crippen LogP contribution in [0.2, 0.25) is 0 Å². The molecule has 2 rings (SSSR count). The Labute approximate surface area is 89.7 Å². The SMILES string of the molecule is CC(C)n1cncc1C(=O)C1CCNC1. The molecule has 1 atom stereocenters. The zero-order valence-electron chi connectivity index (χ0n) is 9.23. The first kappa shape index (κ1) is 10.4. The lowest BCUT2D eigenvalue weighted by Crippen LogP contribution is -2.21. The molecule has 1 unspecified atom stereocenters. The Morgan fingerprint density at radius 1 is 1.67 bits per heavy atom. The normalized spacial score (nSPS) is 21.1. The summed E-state index contributed by atoms with van der Waals surface area (Å²) in [5.74, 6) is 0.366. The number of nitrogens with zero attached hydrogens (tertiary/aromatic N) is 2. The van der Waals surface area contributed by atoms with Gasteiger partial charge in [0.15, 0.2) is 5.78 Å². The predicted octanol–water partition coefficient (Wildman–Crippen LogP) is 1.26. The van der Waals surface area contributed by atoms with Gasteiger partial charge in [-0.1, -0.05) is 0 Å². The van der Waals surface area contributed by atoms with Gasteiger partial charge < -0.3 is 9.88 Å². The van der Waals surface area contributed by atoms with Gasteiger partial charge in [-0.25, -0.2) is 4.98 Å². The van der Waals surface area contributed by atoms with E-state index in [1.54, 1.807) is 12.5 Å². The maximum Gasteiger partial charge on any atom is 0.185 e. The predicted molar refractivity (Wildman–Crippen MR) is 57.9 cm³/mol. The molecule has 4 heteroatoms. The minimum absolute atomic E-state index is 0.138. The molecule has 15 heavy (non-hydrogen) atoms. The first-order valence-electron chi connectivity index (χ1n) is 5.47. The highest BCUT2D eigenvalue weighted by Gasteiger charge is 2.26. The molecule has 1 fully saturated rings. The van der Waals surface area contributed by atoms with Crippen molar-refractivity contribution in [3.05, 3.63) is 18.2 Å². The van der Waals surface area contributed by atoms with Gasteiger partial charge in [0.1, 0.15) is 5.69 Å².